The minimum atomic E-state index is -0.978. The summed E-state index contributed by atoms with van der Waals surface area (Å²) in [5.41, 5.74) is 7.59. The molecule has 0 saturated heterocycles. The summed E-state index contributed by atoms with van der Waals surface area (Å²) in [4.78, 5) is 12.4. The Morgan fingerprint density at radius 2 is 2.00 bits per heavy atom. The minimum Gasteiger partial charge on any atom is -0.480 e. The van der Waals surface area contributed by atoms with Gasteiger partial charge in [0.1, 0.15) is 6.04 Å². The Hall–Kier alpha value is -1.55. The molecule has 0 aliphatic heterocycles. The van der Waals surface area contributed by atoms with Gasteiger partial charge in [0.05, 0.1) is 0 Å². The molecule has 0 aliphatic rings. The van der Waals surface area contributed by atoms with Crippen molar-refractivity contribution in [3.63, 3.8) is 0 Å². The third kappa shape index (κ3) is 3.25. The first kappa shape index (κ1) is 11.5. The summed E-state index contributed by atoms with van der Waals surface area (Å²) in [7, 11) is 1.83. The number of nitrogens with two attached hydrogens (primary N) is 1. The number of anilines is 1. The van der Waals surface area contributed by atoms with Crippen LogP contribution in [-0.4, -0.2) is 30.7 Å². The lowest BCUT2D eigenvalue weighted by Gasteiger charge is -2.21. The Bertz CT molecular complexity index is 335. The maximum absolute atomic E-state index is 10.6. The van der Waals surface area contributed by atoms with Crippen molar-refractivity contribution in [1.82, 2.24) is 0 Å². The molecule has 1 unspecified atom stereocenters. The summed E-state index contributed by atoms with van der Waals surface area (Å²) in [6.07, 6.45) is 0. The number of aryl methyl sites for hydroxylation is 1. The van der Waals surface area contributed by atoms with Gasteiger partial charge in [-0.15, -0.1) is 0 Å². The number of carboxylic acid groups (broad SMARTS) is 1. The molecule has 0 amide bonds. The zero-order valence-corrected chi connectivity index (χ0v) is 8.97. The smallest absolute Gasteiger partial charge is 0.322 e. The maximum atomic E-state index is 10.6. The van der Waals surface area contributed by atoms with Crippen LogP contribution < -0.4 is 10.6 Å². The Morgan fingerprint density at radius 3 is 2.47 bits per heavy atom. The highest BCUT2D eigenvalue weighted by Crippen LogP contribution is 2.13. The highest BCUT2D eigenvalue weighted by atomic mass is 16.4. The van der Waals surface area contributed by atoms with Gasteiger partial charge >= 0.3 is 5.97 Å². The molecule has 4 nitrogen and oxygen atoms in total. The molecule has 1 atom stereocenters. The van der Waals surface area contributed by atoms with E-state index in [1.807, 2.05) is 43.1 Å². The summed E-state index contributed by atoms with van der Waals surface area (Å²) in [5.74, 6) is -0.978. The van der Waals surface area contributed by atoms with Crippen LogP contribution in [0.4, 0.5) is 5.69 Å². The van der Waals surface area contributed by atoms with Crippen LogP contribution in [0.1, 0.15) is 5.56 Å². The van der Waals surface area contributed by atoms with Crippen molar-refractivity contribution in [3.8, 4) is 0 Å². The molecule has 3 N–H and O–H groups in total. The number of hydrogen-bond donors (Lipinski definition) is 2. The number of nitrogens with zero attached hydrogens (tertiary/aromatic N) is 1. The van der Waals surface area contributed by atoms with Crippen molar-refractivity contribution in [2.75, 3.05) is 18.5 Å². The molecule has 0 spiro atoms. The number of rotatable bonds is 4. The molecule has 0 aliphatic carbocycles. The molecule has 0 aromatic heterocycles. The molecular weight excluding hydrogens is 192 g/mol. The molecule has 1 rings (SSSR count). The molecule has 1 aromatic carbocycles. The van der Waals surface area contributed by atoms with Crippen molar-refractivity contribution in [1.29, 1.82) is 0 Å². The van der Waals surface area contributed by atoms with Crippen LogP contribution in [0.3, 0.4) is 0 Å². The number of likely N-dealkylation sites (N-methyl/N-ethyl adjacent to an activating group) is 1. The first-order valence-corrected chi connectivity index (χ1v) is 4.77. The molecule has 0 heterocycles. The van der Waals surface area contributed by atoms with Crippen LogP contribution in [0.15, 0.2) is 24.3 Å². The fourth-order valence-corrected chi connectivity index (χ4v) is 1.28. The van der Waals surface area contributed by atoms with Crippen LogP contribution >= 0.6 is 0 Å². The van der Waals surface area contributed by atoms with Gasteiger partial charge in [-0.1, -0.05) is 17.7 Å². The number of aliphatic carboxylic acids is 1. The Labute approximate surface area is 89.3 Å². The molecule has 0 bridgehead atoms. The quantitative estimate of drug-likeness (QED) is 0.769. The maximum Gasteiger partial charge on any atom is 0.322 e. The van der Waals surface area contributed by atoms with E-state index < -0.39 is 12.0 Å². The van der Waals surface area contributed by atoms with E-state index >= 15 is 0 Å². The van der Waals surface area contributed by atoms with Gasteiger partial charge in [-0.05, 0) is 19.1 Å². The van der Waals surface area contributed by atoms with Gasteiger partial charge in [-0.25, -0.2) is 0 Å². The fourth-order valence-electron chi connectivity index (χ4n) is 1.28. The van der Waals surface area contributed by atoms with E-state index in [1.54, 1.807) is 0 Å². The molecule has 0 fully saturated rings. The summed E-state index contributed by atoms with van der Waals surface area (Å²) in [5, 5.41) is 8.67. The molecular formula is C11H16N2O2. The van der Waals surface area contributed by atoms with E-state index in [0.29, 0.717) is 6.54 Å². The highest BCUT2D eigenvalue weighted by molar-refractivity contribution is 5.74. The van der Waals surface area contributed by atoms with Crippen LogP contribution in [0.5, 0.6) is 0 Å². The van der Waals surface area contributed by atoms with E-state index in [-0.39, 0.29) is 0 Å². The lowest BCUT2D eigenvalue weighted by molar-refractivity contribution is -0.138. The van der Waals surface area contributed by atoms with E-state index in [2.05, 4.69) is 0 Å². The minimum absolute atomic E-state index is 0.304. The molecule has 82 valence electrons. The standard InChI is InChI=1S/C11H16N2O2/c1-8-3-5-9(6-4-8)13(2)7-10(12)11(14)15/h3-6,10H,7,12H2,1-2H3,(H,14,15). The number of benzene rings is 1. The van der Waals surface area contributed by atoms with Crippen molar-refractivity contribution in [3.05, 3.63) is 29.8 Å². The second kappa shape index (κ2) is 4.79. The lowest BCUT2D eigenvalue weighted by atomic mass is 10.2. The van der Waals surface area contributed by atoms with E-state index in [0.717, 1.165) is 5.69 Å². The molecule has 0 radical (unpaired) electrons. The largest absolute Gasteiger partial charge is 0.480 e. The van der Waals surface area contributed by atoms with E-state index in [9.17, 15) is 4.79 Å². The summed E-state index contributed by atoms with van der Waals surface area (Å²) in [6.45, 7) is 2.31. The monoisotopic (exact) mass is 208 g/mol. The van der Waals surface area contributed by atoms with Gasteiger partial charge in [0, 0.05) is 19.3 Å². The second-order valence-electron chi connectivity index (χ2n) is 3.66. The Kier molecular flexibility index (Phi) is 3.68. The Morgan fingerprint density at radius 1 is 1.47 bits per heavy atom. The van der Waals surface area contributed by atoms with Gasteiger partial charge < -0.3 is 15.7 Å². The number of hydrogen-bond acceptors (Lipinski definition) is 3. The number of carboxylic acids is 1. The molecule has 0 saturated carbocycles. The molecule has 4 heteroatoms. The zero-order chi connectivity index (χ0) is 11.4. The summed E-state index contributed by atoms with van der Waals surface area (Å²) < 4.78 is 0. The molecule has 15 heavy (non-hydrogen) atoms. The summed E-state index contributed by atoms with van der Waals surface area (Å²) in [6, 6.07) is 7.01. The normalized spacial score (nSPS) is 12.2. The van der Waals surface area contributed by atoms with Crippen LogP contribution in [-0.2, 0) is 4.79 Å². The zero-order valence-electron chi connectivity index (χ0n) is 8.97. The highest BCUT2D eigenvalue weighted by Gasteiger charge is 2.13. The van der Waals surface area contributed by atoms with Gasteiger partial charge in [-0.3, -0.25) is 4.79 Å². The van der Waals surface area contributed by atoms with E-state index in [1.165, 1.54) is 5.56 Å². The van der Waals surface area contributed by atoms with Crippen LogP contribution in [0.25, 0.3) is 0 Å². The van der Waals surface area contributed by atoms with Gasteiger partial charge in [-0.2, -0.15) is 0 Å². The van der Waals surface area contributed by atoms with Crippen LogP contribution in [0.2, 0.25) is 0 Å². The van der Waals surface area contributed by atoms with Gasteiger partial charge in [0.15, 0.2) is 0 Å². The summed E-state index contributed by atoms with van der Waals surface area (Å²) >= 11 is 0. The average Bonchev–Trinajstić information content (AvgIpc) is 2.18. The van der Waals surface area contributed by atoms with Crippen molar-refractivity contribution in [2.24, 2.45) is 5.73 Å². The van der Waals surface area contributed by atoms with Crippen molar-refractivity contribution >= 4 is 11.7 Å². The van der Waals surface area contributed by atoms with E-state index in [4.69, 9.17) is 10.8 Å². The lowest BCUT2D eigenvalue weighted by Crippen LogP contribution is -2.41. The Balaban J connectivity index is 2.64. The average molecular weight is 208 g/mol. The third-order valence-corrected chi connectivity index (χ3v) is 2.26. The predicted molar refractivity (Wildman–Crippen MR) is 60.1 cm³/mol. The number of carbonyl (C=O) groups is 1. The van der Waals surface area contributed by atoms with Crippen molar-refractivity contribution in [2.45, 2.75) is 13.0 Å². The molecule has 1 aromatic rings. The van der Waals surface area contributed by atoms with Crippen LogP contribution in [0, 0.1) is 6.92 Å². The van der Waals surface area contributed by atoms with Crippen molar-refractivity contribution < 1.29 is 9.90 Å². The second-order valence-corrected chi connectivity index (χ2v) is 3.66. The van der Waals surface area contributed by atoms with Gasteiger partial charge in [0.2, 0.25) is 0 Å². The SMILES string of the molecule is Cc1ccc(N(C)CC(N)C(=O)O)cc1. The topological polar surface area (TPSA) is 66.6 Å². The van der Waals surface area contributed by atoms with Gasteiger partial charge in [0.25, 0.3) is 0 Å². The first-order chi connectivity index (χ1) is 7.00. The third-order valence-electron chi connectivity index (χ3n) is 2.26. The predicted octanol–water partition coefficient (Wildman–Crippen LogP) is 0.843. The fraction of sp³-hybridized carbons (Fsp3) is 0.364. The first-order valence-electron chi connectivity index (χ1n) is 4.77.